The third-order valence-corrected chi connectivity index (χ3v) is 4.85. The Hall–Kier alpha value is -1.69. The van der Waals surface area contributed by atoms with E-state index in [0.717, 1.165) is 15.0 Å². The second kappa shape index (κ2) is 7.25. The molecule has 116 valence electrons. The van der Waals surface area contributed by atoms with Gasteiger partial charge in [-0.1, -0.05) is 57.9 Å². The highest BCUT2D eigenvalue weighted by Gasteiger charge is 2.14. The Bertz CT molecular complexity index is 836. The van der Waals surface area contributed by atoms with Gasteiger partial charge in [-0.3, -0.25) is 4.79 Å². The lowest BCUT2D eigenvalue weighted by atomic mass is 10.0. The molecule has 3 nitrogen and oxygen atoms in total. The minimum atomic E-state index is -0.0169. The van der Waals surface area contributed by atoms with Gasteiger partial charge in [-0.05, 0) is 18.2 Å². The molecule has 0 aliphatic carbocycles. The van der Waals surface area contributed by atoms with E-state index in [2.05, 4.69) is 26.2 Å². The highest BCUT2D eigenvalue weighted by Crippen LogP contribution is 2.25. The molecule has 0 fully saturated rings. The standard InChI is InChI=1S/C17H12BrClN2OS/c18-12-6-7-15(20-9-13-10-21-17(19)23-13)14(8-12)16(22)11-4-2-1-3-5-11/h1-8,10,20H,9H2. The van der Waals surface area contributed by atoms with E-state index in [4.69, 9.17) is 11.6 Å². The van der Waals surface area contributed by atoms with Gasteiger partial charge < -0.3 is 5.32 Å². The van der Waals surface area contributed by atoms with E-state index in [1.165, 1.54) is 11.3 Å². The van der Waals surface area contributed by atoms with Crippen LogP contribution in [0.3, 0.4) is 0 Å². The Labute approximate surface area is 151 Å². The number of halogens is 2. The van der Waals surface area contributed by atoms with Crippen molar-refractivity contribution in [1.82, 2.24) is 4.98 Å². The molecule has 1 aromatic heterocycles. The van der Waals surface area contributed by atoms with Gasteiger partial charge in [0.25, 0.3) is 0 Å². The number of nitrogens with zero attached hydrogens (tertiary/aromatic N) is 1. The molecule has 0 aliphatic heterocycles. The maximum absolute atomic E-state index is 12.7. The second-order valence-electron chi connectivity index (χ2n) is 4.82. The van der Waals surface area contributed by atoms with Crippen LogP contribution in [0.2, 0.25) is 4.47 Å². The number of benzene rings is 2. The van der Waals surface area contributed by atoms with Gasteiger partial charge >= 0.3 is 0 Å². The number of ketones is 1. The molecule has 1 heterocycles. The van der Waals surface area contributed by atoms with Gasteiger partial charge in [-0.15, -0.1) is 11.3 Å². The van der Waals surface area contributed by atoms with E-state index in [0.29, 0.717) is 22.1 Å². The molecule has 2 aromatic carbocycles. The molecule has 0 bridgehead atoms. The molecule has 0 atom stereocenters. The minimum absolute atomic E-state index is 0.0169. The minimum Gasteiger partial charge on any atom is -0.379 e. The molecule has 3 rings (SSSR count). The molecule has 0 saturated carbocycles. The zero-order valence-electron chi connectivity index (χ0n) is 11.9. The van der Waals surface area contributed by atoms with Crippen molar-refractivity contribution in [2.75, 3.05) is 5.32 Å². The fourth-order valence-electron chi connectivity index (χ4n) is 2.15. The van der Waals surface area contributed by atoms with E-state index < -0.39 is 0 Å². The second-order valence-corrected chi connectivity index (χ2v) is 7.43. The molecule has 0 amide bonds. The van der Waals surface area contributed by atoms with Gasteiger partial charge in [0, 0.05) is 32.4 Å². The Kier molecular flexibility index (Phi) is 5.10. The van der Waals surface area contributed by atoms with Crippen molar-refractivity contribution in [3.8, 4) is 0 Å². The summed E-state index contributed by atoms with van der Waals surface area (Å²) in [6, 6.07) is 14.9. The lowest BCUT2D eigenvalue weighted by molar-refractivity contribution is 0.103. The molecule has 1 N–H and O–H groups in total. The number of anilines is 1. The number of aromatic nitrogens is 1. The highest BCUT2D eigenvalue weighted by atomic mass is 79.9. The van der Waals surface area contributed by atoms with Gasteiger partial charge in [0.05, 0.1) is 6.54 Å². The quantitative estimate of drug-likeness (QED) is 0.576. The van der Waals surface area contributed by atoms with Crippen molar-refractivity contribution >= 4 is 50.3 Å². The molecule has 0 radical (unpaired) electrons. The van der Waals surface area contributed by atoms with E-state index in [9.17, 15) is 4.79 Å². The van der Waals surface area contributed by atoms with Crippen LogP contribution < -0.4 is 5.32 Å². The summed E-state index contributed by atoms with van der Waals surface area (Å²) in [5, 5.41) is 3.29. The van der Waals surface area contributed by atoms with E-state index in [1.54, 1.807) is 6.20 Å². The first-order valence-corrected chi connectivity index (χ1v) is 8.85. The Morgan fingerprint density at radius 3 is 2.70 bits per heavy atom. The van der Waals surface area contributed by atoms with E-state index >= 15 is 0 Å². The summed E-state index contributed by atoms with van der Waals surface area (Å²) < 4.78 is 1.38. The van der Waals surface area contributed by atoms with Gasteiger partial charge in [-0.2, -0.15) is 0 Å². The zero-order chi connectivity index (χ0) is 16.2. The first-order chi connectivity index (χ1) is 11.1. The summed E-state index contributed by atoms with van der Waals surface area (Å²) in [6.07, 6.45) is 1.73. The molecule has 0 spiro atoms. The third kappa shape index (κ3) is 3.99. The fourth-order valence-corrected chi connectivity index (χ4v) is 3.43. The fraction of sp³-hybridized carbons (Fsp3) is 0.0588. The molecule has 6 heteroatoms. The first-order valence-electron chi connectivity index (χ1n) is 6.87. The molecular weight excluding hydrogens is 396 g/mol. The molecule has 3 aromatic rings. The van der Waals surface area contributed by atoms with Crippen LogP contribution in [0.15, 0.2) is 59.2 Å². The van der Waals surface area contributed by atoms with Crippen molar-refractivity contribution in [3.63, 3.8) is 0 Å². The average molecular weight is 408 g/mol. The van der Waals surface area contributed by atoms with Crippen molar-refractivity contribution in [2.45, 2.75) is 6.54 Å². The maximum atomic E-state index is 12.7. The number of thiazole rings is 1. The van der Waals surface area contributed by atoms with Crippen LogP contribution in [0.25, 0.3) is 0 Å². The number of hydrogen-bond acceptors (Lipinski definition) is 4. The monoisotopic (exact) mass is 406 g/mol. The van der Waals surface area contributed by atoms with Crippen LogP contribution in [0.4, 0.5) is 5.69 Å². The average Bonchev–Trinajstić information content (AvgIpc) is 2.99. The molecular formula is C17H12BrClN2OS. The van der Waals surface area contributed by atoms with Crippen LogP contribution in [-0.4, -0.2) is 10.8 Å². The largest absolute Gasteiger partial charge is 0.379 e. The zero-order valence-corrected chi connectivity index (χ0v) is 15.1. The number of hydrogen-bond donors (Lipinski definition) is 1. The highest BCUT2D eigenvalue weighted by molar-refractivity contribution is 9.10. The summed E-state index contributed by atoms with van der Waals surface area (Å²) in [5.41, 5.74) is 2.07. The van der Waals surface area contributed by atoms with Gasteiger partial charge in [0.2, 0.25) is 0 Å². The molecule has 0 unspecified atom stereocenters. The Morgan fingerprint density at radius 2 is 2.00 bits per heavy atom. The predicted octanol–water partition coefficient (Wildman–Crippen LogP) is 5.40. The topological polar surface area (TPSA) is 42.0 Å². The van der Waals surface area contributed by atoms with Crippen LogP contribution in [0, 0.1) is 0 Å². The van der Waals surface area contributed by atoms with Crippen LogP contribution in [0.1, 0.15) is 20.8 Å². The number of carbonyl (C=O) groups excluding carboxylic acids is 1. The van der Waals surface area contributed by atoms with Gasteiger partial charge in [-0.25, -0.2) is 4.98 Å². The molecule has 0 saturated heterocycles. The number of carbonyl (C=O) groups is 1. The Morgan fingerprint density at radius 1 is 1.22 bits per heavy atom. The maximum Gasteiger partial charge on any atom is 0.195 e. The Balaban J connectivity index is 1.87. The predicted molar refractivity (Wildman–Crippen MR) is 98.5 cm³/mol. The van der Waals surface area contributed by atoms with Gasteiger partial charge in [0.15, 0.2) is 10.3 Å². The summed E-state index contributed by atoms with van der Waals surface area (Å²) in [4.78, 5) is 17.8. The van der Waals surface area contributed by atoms with Crippen molar-refractivity contribution in [3.05, 3.63) is 79.7 Å². The van der Waals surface area contributed by atoms with Crippen LogP contribution in [0.5, 0.6) is 0 Å². The third-order valence-electron chi connectivity index (χ3n) is 3.24. The lowest BCUT2D eigenvalue weighted by Gasteiger charge is -2.11. The summed E-state index contributed by atoms with van der Waals surface area (Å²) in [7, 11) is 0. The number of nitrogens with one attached hydrogen (secondary N) is 1. The van der Waals surface area contributed by atoms with Crippen molar-refractivity contribution < 1.29 is 4.79 Å². The van der Waals surface area contributed by atoms with Gasteiger partial charge in [0.1, 0.15) is 0 Å². The molecule has 23 heavy (non-hydrogen) atoms. The smallest absolute Gasteiger partial charge is 0.195 e. The van der Waals surface area contributed by atoms with Crippen LogP contribution >= 0.6 is 38.9 Å². The van der Waals surface area contributed by atoms with E-state index in [-0.39, 0.29) is 5.78 Å². The van der Waals surface area contributed by atoms with E-state index in [1.807, 2.05) is 48.5 Å². The van der Waals surface area contributed by atoms with Crippen molar-refractivity contribution in [2.24, 2.45) is 0 Å². The SMILES string of the molecule is O=C(c1ccccc1)c1cc(Br)ccc1NCc1cnc(Cl)s1. The first kappa shape index (κ1) is 16.2. The summed E-state index contributed by atoms with van der Waals surface area (Å²) in [6.45, 7) is 0.571. The number of rotatable bonds is 5. The van der Waals surface area contributed by atoms with Crippen LogP contribution in [-0.2, 0) is 6.54 Å². The van der Waals surface area contributed by atoms with Crippen molar-refractivity contribution in [1.29, 1.82) is 0 Å². The summed E-state index contributed by atoms with van der Waals surface area (Å²) >= 11 is 10.7. The lowest BCUT2D eigenvalue weighted by Crippen LogP contribution is -2.07. The normalized spacial score (nSPS) is 10.5. The molecule has 0 aliphatic rings. The summed E-state index contributed by atoms with van der Waals surface area (Å²) in [5.74, 6) is -0.0169.